The number of nitrogens with zero attached hydrogens (tertiary/aromatic N) is 3. The number of sulfonamides is 1. The largest absolute Gasteiger partial charge is 0.465 e. The monoisotopic (exact) mass is 543 g/mol. The van der Waals surface area contributed by atoms with E-state index in [1.807, 2.05) is 32.3 Å². The molecule has 3 aromatic rings. The summed E-state index contributed by atoms with van der Waals surface area (Å²) in [4.78, 5) is 29.8. The van der Waals surface area contributed by atoms with Gasteiger partial charge in [0.2, 0.25) is 10.0 Å². The van der Waals surface area contributed by atoms with Crippen molar-refractivity contribution >= 4 is 43.5 Å². The van der Waals surface area contributed by atoms with Crippen LogP contribution in [0.5, 0.6) is 0 Å². The first-order valence-corrected chi connectivity index (χ1v) is 14.3. The van der Waals surface area contributed by atoms with E-state index in [1.54, 1.807) is 24.3 Å². The van der Waals surface area contributed by atoms with Crippen molar-refractivity contribution in [3.05, 3.63) is 71.0 Å². The lowest BCUT2D eigenvalue weighted by atomic mass is 10.2. The standard InChI is InChI=1S/C27H33N3O5S2/c1-7-14-30-23-13-10-21(26(32)35-6)15-24(23)36-27(30)28-25(31)20-8-11-22(12-9-20)37(33,34)29(16-18(2)3)17-19(4)5/h7-13,15,18-19H,1,14,16-17H2,2-6H3. The van der Waals surface area contributed by atoms with Gasteiger partial charge in [0.05, 0.1) is 27.8 Å². The molecule has 3 rings (SSSR count). The Hall–Kier alpha value is -3.08. The normalized spacial score (nSPS) is 12.6. The number of aromatic nitrogens is 1. The van der Waals surface area contributed by atoms with Crippen LogP contribution >= 0.6 is 11.3 Å². The molecule has 0 atom stereocenters. The average Bonchev–Trinajstić information content (AvgIpc) is 3.18. The fourth-order valence-corrected chi connectivity index (χ4v) is 6.71. The average molecular weight is 544 g/mol. The van der Waals surface area contributed by atoms with E-state index in [2.05, 4.69) is 11.6 Å². The molecule has 0 unspecified atom stereocenters. The lowest BCUT2D eigenvalue weighted by molar-refractivity contribution is 0.0600. The van der Waals surface area contributed by atoms with Crippen LogP contribution < -0.4 is 4.80 Å². The third-order valence-electron chi connectivity index (χ3n) is 5.49. The molecule has 0 saturated carbocycles. The van der Waals surface area contributed by atoms with Crippen LogP contribution in [0, 0.1) is 11.8 Å². The molecule has 8 nitrogen and oxygen atoms in total. The first-order valence-electron chi connectivity index (χ1n) is 12.0. The summed E-state index contributed by atoms with van der Waals surface area (Å²) in [5.74, 6) is -0.584. The predicted molar refractivity (Wildman–Crippen MR) is 146 cm³/mol. The topological polar surface area (TPSA) is 98.0 Å². The zero-order chi connectivity index (χ0) is 27.3. The maximum atomic E-state index is 13.3. The Balaban J connectivity index is 1.97. The number of allylic oxidation sites excluding steroid dienone is 1. The Morgan fingerprint density at radius 3 is 2.19 bits per heavy atom. The minimum atomic E-state index is -3.70. The Morgan fingerprint density at radius 2 is 1.65 bits per heavy atom. The van der Waals surface area contributed by atoms with Crippen molar-refractivity contribution in [3.63, 3.8) is 0 Å². The summed E-state index contributed by atoms with van der Waals surface area (Å²) >= 11 is 1.27. The molecule has 0 radical (unpaired) electrons. The van der Waals surface area contributed by atoms with Crippen LogP contribution in [0.25, 0.3) is 10.2 Å². The second-order valence-electron chi connectivity index (χ2n) is 9.51. The zero-order valence-corrected chi connectivity index (χ0v) is 23.4. The number of benzene rings is 2. The van der Waals surface area contributed by atoms with Gasteiger partial charge >= 0.3 is 5.97 Å². The molecule has 0 aliphatic rings. The molecule has 1 amide bonds. The number of carbonyl (C=O) groups is 2. The summed E-state index contributed by atoms with van der Waals surface area (Å²) < 4.78 is 35.4. The fraction of sp³-hybridized carbons (Fsp3) is 0.370. The number of methoxy groups -OCH3 is 1. The van der Waals surface area contributed by atoms with Crippen LogP contribution in [-0.4, -0.2) is 49.4 Å². The van der Waals surface area contributed by atoms with E-state index in [1.165, 1.54) is 47.0 Å². The number of hydrogen-bond donors (Lipinski definition) is 0. The minimum absolute atomic E-state index is 0.143. The highest BCUT2D eigenvalue weighted by molar-refractivity contribution is 7.89. The number of rotatable bonds is 10. The lowest BCUT2D eigenvalue weighted by Gasteiger charge is -2.25. The molecule has 0 fully saturated rings. The van der Waals surface area contributed by atoms with Gasteiger partial charge in [-0.2, -0.15) is 9.30 Å². The highest BCUT2D eigenvalue weighted by Gasteiger charge is 2.26. The van der Waals surface area contributed by atoms with E-state index in [4.69, 9.17) is 4.74 Å². The molecule has 1 aromatic heterocycles. The number of thiazole rings is 1. The second kappa shape index (κ2) is 12.0. The van der Waals surface area contributed by atoms with Crippen molar-refractivity contribution < 1.29 is 22.7 Å². The van der Waals surface area contributed by atoms with Crippen LogP contribution in [0.15, 0.2) is 65.0 Å². The van der Waals surface area contributed by atoms with Gasteiger partial charge < -0.3 is 9.30 Å². The minimum Gasteiger partial charge on any atom is -0.465 e. The summed E-state index contributed by atoms with van der Waals surface area (Å²) in [5, 5.41) is 0. The van der Waals surface area contributed by atoms with E-state index >= 15 is 0 Å². The van der Waals surface area contributed by atoms with E-state index < -0.39 is 21.9 Å². The maximum absolute atomic E-state index is 13.3. The van der Waals surface area contributed by atoms with Crippen LogP contribution in [0.1, 0.15) is 48.4 Å². The Kier molecular flexibility index (Phi) is 9.22. The quantitative estimate of drug-likeness (QED) is 0.272. The van der Waals surface area contributed by atoms with Gasteiger partial charge in [-0.3, -0.25) is 4.79 Å². The SMILES string of the molecule is C=CCn1c(=NC(=O)c2ccc(S(=O)(=O)N(CC(C)C)CC(C)C)cc2)sc2cc(C(=O)OC)ccc21. The van der Waals surface area contributed by atoms with Gasteiger partial charge in [-0.05, 0) is 54.3 Å². The second-order valence-corrected chi connectivity index (χ2v) is 12.5. The Bertz CT molecular complexity index is 1460. The van der Waals surface area contributed by atoms with Gasteiger partial charge in [0.15, 0.2) is 4.80 Å². The van der Waals surface area contributed by atoms with Gasteiger partial charge in [-0.15, -0.1) is 6.58 Å². The van der Waals surface area contributed by atoms with Gasteiger partial charge in [0.1, 0.15) is 0 Å². The van der Waals surface area contributed by atoms with E-state index in [-0.39, 0.29) is 22.3 Å². The molecule has 0 saturated heterocycles. The molecular weight excluding hydrogens is 510 g/mol. The molecule has 0 N–H and O–H groups in total. The molecule has 0 spiro atoms. The fourth-order valence-electron chi connectivity index (χ4n) is 3.86. The van der Waals surface area contributed by atoms with Gasteiger partial charge in [0.25, 0.3) is 5.91 Å². The highest BCUT2D eigenvalue weighted by atomic mass is 32.2. The molecule has 10 heteroatoms. The van der Waals surface area contributed by atoms with Crippen LogP contribution in [0.2, 0.25) is 0 Å². The van der Waals surface area contributed by atoms with Crippen molar-refractivity contribution in [1.29, 1.82) is 0 Å². The summed E-state index contributed by atoms with van der Waals surface area (Å²) in [7, 11) is -2.38. The molecule has 0 bridgehead atoms. The number of amides is 1. The van der Waals surface area contributed by atoms with Crippen molar-refractivity contribution in [1.82, 2.24) is 8.87 Å². The van der Waals surface area contributed by atoms with Crippen molar-refractivity contribution in [2.75, 3.05) is 20.2 Å². The maximum Gasteiger partial charge on any atom is 0.337 e. The molecule has 198 valence electrons. The highest BCUT2D eigenvalue weighted by Crippen LogP contribution is 2.22. The van der Waals surface area contributed by atoms with E-state index in [0.717, 1.165) is 10.2 Å². The Morgan fingerprint density at radius 1 is 1.05 bits per heavy atom. The van der Waals surface area contributed by atoms with Crippen LogP contribution in [0.3, 0.4) is 0 Å². The first-order chi connectivity index (χ1) is 17.5. The van der Waals surface area contributed by atoms with E-state index in [0.29, 0.717) is 30.0 Å². The lowest BCUT2D eigenvalue weighted by Crippen LogP contribution is -2.37. The number of fused-ring (bicyclic) bond motifs is 1. The number of carbonyl (C=O) groups excluding carboxylic acids is 2. The van der Waals surface area contributed by atoms with Crippen molar-refractivity contribution in [2.45, 2.75) is 39.1 Å². The summed E-state index contributed by atoms with van der Waals surface area (Å²) in [6.45, 7) is 13.0. The van der Waals surface area contributed by atoms with E-state index in [9.17, 15) is 18.0 Å². The molecule has 1 heterocycles. The first kappa shape index (κ1) is 28.5. The van der Waals surface area contributed by atoms with Crippen molar-refractivity contribution in [2.24, 2.45) is 16.8 Å². The smallest absolute Gasteiger partial charge is 0.337 e. The summed E-state index contributed by atoms with van der Waals surface area (Å²) in [5.41, 5.74) is 1.48. The third kappa shape index (κ3) is 6.63. The van der Waals surface area contributed by atoms with Crippen molar-refractivity contribution in [3.8, 4) is 0 Å². The molecular formula is C27H33N3O5S2. The molecule has 0 aliphatic carbocycles. The number of esters is 1. The third-order valence-corrected chi connectivity index (χ3v) is 8.38. The number of hydrogen-bond acceptors (Lipinski definition) is 6. The Labute approximate surface area is 222 Å². The van der Waals surface area contributed by atoms with Crippen LogP contribution in [0.4, 0.5) is 0 Å². The molecule has 37 heavy (non-hydrogen) atoms. The van der Waals surface area contributed by atoms with Gasteiger partial charge in [0, 0.05) is 25.2 Å². The zero-order valence-electron chi connectivity index (χ0n) is 21.8. The predicted octanol–water partition coefficient (Wildman–Crippen LogP) is 4.72. The summed E-state index contributed by atoms with van der Waals surface area (Å²) in [6, 6.07) is 11.0. The van der Waals surface area contributed by atoms with Gasteiger partial charge in [-0.1, -0.05) is 45.1 Å². The van der Waals surface area contributed by atoms with Gasteiger partial charge in [-0.25, -0.2) is 13.2 Å². The summed E-state index contributed by atoms with van der Waals surface area (Å²) in [6.07, 6.45) is 1.70. The van der Waals surface area contributed by atoms with Crippen LogP contribution in [-0.2, 0) is 21.3 Å². The molecule has 0 aliphatic heterocycles. The number of ether oxygens (including phenoxy) is 1. The molecule has 2 aromatic carbocycles.